The van der Waals surface area contributed by atoms with Crippen molar-refractivity contribution in [3.8, 4) is 0 Å². The third-order valence-corrected chi connectivity index (χ3v) is 5.06. The summed E-state index contributed by atoms with van der Waals surface area (Å²) in [5, 5.41) is 6.05. The number of thiophene rings is 1. The van der Waals surface area contributed by atoms with E-state index >= 15 is 0 Å². The van der Waals surface area contributed by atoms with Crippen molar-refractivity contribution in [1.29, 1.82) is 0 Å². The Labute approximate surface area is 119 Å². The van der Waals surface area contributed by atoms with Crippen LogP contribution in [0, 0.1) is 6.92 Å². The molecule has 1 aromatic carbocycles. The zero-order chi connectivity index (χ0) is 13.3. The minimum atomic E-state index is 0.324. The van der Waals surface area contributed by atoms with Crippen LogP contribution in [0.1, 0.15) is 41.8 Å². The van der Waals surface area contributed by atoms with Crippen LogP contribution >= 0.6 is 11.3 Å². The summed E-state index contributed by atoms with van der Waals surface area (Å²) in [6.07, 6.45) is 2.59. The molecule has 1 N–H and O–H groups in total. The van der Waals surface area contributed by atoms with Crippen molar-refractivity contribution in [2.24, 2.45) is 0 Å². The molecule has 1 heterocycles. The summed E-state index contributed by atoms with van der Waals surface area (Å²) < 4.78 is 0. The number of nitrogens with one attached hydrogen (secondary N) is 1. The van der Waals surface area contributed by atoms with Crippen molar-refractivity contribution >= 4 is 11.3 Å². The normalized spacial score (nSPS) is 18.2. The molecule has 0 radical (unpaired) electrons. The minimum Gasteiger partial charge on any atom is -0.309 e. The molecule has 0 spiro atoms. The molecule has 1 atom stereocenters. The van der Waals surface area contributed by atoms with Crippen LogP contribution in [-0.4, -0.2) is 6.54 Å². The SMILES string of the molecule is CCNC(c1csc(C)c1)C1(c2ccccc2)CC1. The average molecular weight is 271 g/mol. The van der Waals surface area contributed by atoms with Gasteiger partial charge in [-0.2, -0.15) is 0 Å². The van der Waals surface area contributed by atoms with Gasteiger partial charge in [-0.15, -0.1) is 11.3 Å². The zero-order valence-corrected chi connectivity index (χ0v) is 12.5. The molecule has 1 aromatic heterocycles. The second kappa shape index (κ2) is 5.10. The highest BCUT2D eigenvalue weighted by Crippen LogP contribution is 2.56. The number of benzene rings is 1. The molecule has 1 unspecified atom stereocenters. The first kappa shape index (κ1) is 12.9. The van der Waals surface area contributed by atoms with Gasteiger partial charge in [0.15, 0.2) is 0 Å². The first-order valence-corrected chi connectivity index (χ1v) is 7.98. The van der Waals surface area contributed by atoms with E-state index in [1.165, 1.54) is 28.8 Å². The lowest BCUT2D eigenvalue weighted by atomic mass is 9.84. The number of rotatable bonds is 5. The van der Waals surface area contributed by atoms with Crippen LogP contribution in [0.5, 0.6) is 0 Å². The summed E-state index contributed by atoms with van der Waals surface area (Å²) in [6.45, 7) is 5.42. The van der Waals surface area contributed by atoms with Gasteiger partial charge in [-0.05, 0) is 48.9 Å². The Morgan fingerprint density at radius 2 is 2.00 bits per heavy atom. The Bertz CT molecular complexity index is 539. The predicted octanol–water partition coefficient (Wildman–Crippen LogP) is 4.44. The van der Waals surface area contributed by atoms with Gasteiger partial charge in [0, 0.05) is 16.3 Å². The zero-order valence-electron chi connectivity index (χ0n) is 11.6. The molecule has 0 bridgehead atoms. The monoisotopic (exact) mass is 271 g/mol. The Kier molecular flexibility index (Phi) is 3.46. The maximum atomic E-state index is 3.72. The van der Waals surface area contributed by atoms with Crippen molar-refractivity contribution < 1.29 is 0 Å². The molecule has 19 heavy (non-hydrogen) atoms. The third kappa shape index (κ3) is 2.35. The van der Waals surface area contributed by atoms with Gasteiger partial charge in [0.2, 0.25) is 0 Å². The average Bonchev–Trinajstić information content (AvgIpc) is 3.14. The van der Waals surface area contributed by atoms with E-state index in [9.17, 15) is 0 Å². The fraction of sp³-hybridized carbons (Fsp3) is 0.412. The van der Waals surface area contributed by atoms with E-state index in [-0.39, 0.29) is 0 Å². The number of hydrogen-bond donors (Lipinski definition) is 1. The highest BCUT2D eigenvalue weighted by Gasteiger charge is 2.50. The Morgan fingerprint density at radius 1 is 1.26 bits per heavy atom. The second-order valence-electron chi connectivity index (χ2n) is 5.50. The minimum absolute atomic E-state index is 0.324. The second-order valence-corrected chi connectivity index (χ2v) is 6.62. The largest absolute Gasteiger partial charge is 0.309 e. The molecule has 1 fully saturated rings. The molecule has 0 amide bonds. The van der Waals surface area contributed by atoms with Crippen LogP contribution in [0.2, 0.25) is 0 Å². The van der Waals surface area contributed by atoms with Gasteiger partial charge in [0.1, 0.15) is 0 Å². The van der Waals surface area contributed by atoms with E-state index in [2.05, 4.69) is 60.9 Å². The quantitative estimate of drug-likeness (QED) is 0.847. The third-order valence-electron chi connectivity index (χ3n) is 4.18. The van der Waals surface area contributed by atoms with Gasteiger partial charge in [-0.3, -0.25) is 0 Å². The predicted molar refractivity (Wildman–Crippen MR) is 82.8 cm³/mol. The van der Waals surface area contributed by atoms with E-state index in [1.807, 2.05) is 11.3 Å². The van der Waals surface area contributed by atoms with Gasteiger partial charge in [-0.25, -0.2) is 0 Å². The number of aryl methyl sites for hydroxylation is 1. The van der Waals surface area contributed by atoms with E-state index < -0.39 is 0 Å². The Morgan fingerprint density at radius 3 is 2.53 bits per heavy atom. The van der Waals surface area contributed by atoms with Crippen LogP contribution in [0.15, 0.2) is 41.8 Å². The van der Waals surface area contributed by atoms with Crippen LogP contribution in [-0.2, 0) is 5.41 Å². The molecule has 100 valence electrons. The summed E-state index contributed by atoms with van der Waals surface area (Å²) >= 11 is 1.86. The molecular formula is C17H21NS. The molecule has 2 aromatic rings. The fourth-order valence-corrected chi connectivity index (χ4v) is 3.83. The Hall–Kier alpha value is -1.12. The van der Waals surface area contributed by atoms with Crippen LogP contribution < -0.4 is 5.32 Å². The molecule has 1 aliphatic rings. The summed E-state index contributed by atoms with van der Waals surface area (Å²) in [6, 6.07) is 13.8. The first-order chi connectivity index (χ1) is 9.26. The van der Waals surface area contributed by atoms with Gasteiger partial charge in [0.25, 0.3) is 0 Å². The van der Waals surface area contributed by atoms with Crippen LogP contribution in [0.25, 0.3) is 0 Å². The highest BCUT2D eigenvalue weighted by atomic mass is 32.1. The molecule has 1 nitrogen and oxygen atoms in total. The summed E-state index contributed by atoms with van der Waals surface area (Å²) in [4.78, 5) is 1.40. The molecule has 0 saturated heterocycles. The maximum absolute atomic E-state index is 3.72. The highest BCUT2D eigenvalue weighted by molar-refractivity contribution is 7.10. The van der Waals surface area contributed by atoms with Crippen LogP contribution in [0.3, 0.4) is 0 Å². The van der Waals surface area contributed by atoms with Crippen molar-refractivity contribution in [2.75, 3.05) is 6.54 Å². The van der Waals surface area contributed by atoms with Gasteiger partial charge >= 0.3 is 0 Å². The lowest BCUT2D eigenvalue weighted by Crippen LogP contribution is -2.31. The topological polar surface area (TPSA) is 12.0 Å². The van der Waals surface area contributed by atoms with Crippen molar-refractivity contribution in [2.45, 2.75) is 38.1 Å². The molecular weight excluding hydrogens is 250 g/mol. The first-order valence-electron chi connectivity index (χ1n) is 7.10. The summed E-state index contributed by atoms with van der Waals surface area (Å²) in [5.41, 5.74) is 3.28. The van der Waals surface area contributed by atoms with E-state index in [1.54, 1.807) is 0 Å². The fourth-order valence-electron chi connectivity index (χ4n) is 3.10. The van der Waals surface area contributed by atoms with E-state index in [0.29, 0.717) is 11.5 Å². The smallest absolute Gasteiger partial charge is 0.0426 e. The summed E-state index contributed by atoms with van der Waals surface area (Å²) in [5.74, 6) is 0. The standard InChI is InChI=1S/C17H21NS/c1-3-18-16(14-11-13(2)19-12-14)17(9-10-17)15-7-5-4-6-8-15/h4-8,11-12,16,18H,3,9-10H2,1-2H3. The van der Waals surface area contributed by atoms with Crippen molar-refractivity contribution in [3.05, 3.63) is 57.8 Å². The number of hydrogen-bond acceptors (Lipinski definition) is 2. The Balaban J connectivity index is 1.96. The van der Waals surface area contributed by atoms with Gasteiger partial charge in [-0.1, -0.05) is 37.3 Å². The lowest BCUT2D eigenvalue weighted by Gasteiger charge is -2.28. The van der Waals surface area contributed by atoms with E-state index in [4.69, 9.17) is 0 Å². The molecule has 3 rings (SSSR count). The molecule has 0 aliphatic heterocycles. The summed E-state index contributed by atoms with van der Waals surface area (Å²) in [7, 11) is 0. The molecule has 1 aliphatic carbocycles. The van der Waals surface area contributed by atoms with Crippen molar-refractivity contribution in [3.63, 3.8) is 0 Å². The van der Waals surface area contributed by atoms with Crippen molar-refractivity contribution in [1.82, 2.24) is 5.32 Å². The maximum Gasteiger partial charge on any atom is 0.0426 e. The number of likely N-dealkylation sites (N-methyl/N-ethyl adjacent to an activating group) is 1. The lowest BCUT2D eigenvalue weighted by molar-refractivity contribution is 0.440. The van der Waals surface area contributed by atoms with E-state index in [0.717, 1.165) is 6.54 Å². The van der Waals surface area contributed by atoms with Gasteiger partial charge in [0.05, 0.1) is 0 Å². The van der Waals surface area contributed by atoms with Gasteiger partial charge < -0.3 is 5.32 Å². The molecule has 2 heteroatoms. The molecule has 1 saturated carbocycles. The van der Waals surface area contributed by atoms with Crippen LogP contribution in [0.4, 0.5) is 0 Å².